The Morgan fingerprint density at radius 1 is 1.18 bits per heavy atom. The Hall–Kier alpha value is -2.70. The average molecular weight is 301 g/mol. The number of nitrogens with zero attached hydrogens (tertiary/aromatic N) is 3. The lowest BCUT2D eigenvalue weighted by Gasteiger charge is -2.07. The van der Waals surface area contributed by atoms with Crippen molar-refractivity contribution in [3.8, 4) is 0 Å². The summed E-state index contributed by atoms with van der Waals surface area (Å²) in [5.74, 6) is -1.38. The molecule has 2 aromatic rings. The monoisotopic (exact) mass is 301 g/mol. The van der Waals surface area contributed by atoms with E-state index in [4.69, 9.17) is 0 Å². The van der Waals surface area contributed by atoms with Gasteiger partial charge in [-0.1, -0.05) is 0 Å². The van der Waals surface area contributed by atoms with Crippen LogP contribution in [0.3, 0.4) is 0 Å². The highest BCUT2D eigenvalue weighted by Crippen LogP contribution is 2.12. The molecule has 2 N–H and O–H groups in total. The van der Waals surface area contributed by atoms with E-state index in [2.05, 4.69) is 20.7 Å². The first-order valence-corrected chi connectivity index (χ1v) is 7.05. The van der Waals surface area contributed by atoms with Crippen molar-refractivity contribution in [2.24, 2.45) is 0 Å². The summed E-state index contributed by atoms with van der Waals surface area (Å²) in [7, 11) is 0. The highest BCUT2D eigenvalue weighted by atomic mass is 16.2. The Morgan fingerprint density at radius 2 is 1.86 bits per heavy atom. The van der Waals surface area contributed by atoms with Crippen LogP contribution in [0.25, 0.3) is 0 Å². The molecule has 0 saturated carbocycles. The molecule has 0 aliphatic carbocycles. The number of anilines is 1. The minimum Gasteiger partial charge on any atom is -0.344 e. The van der Waals surface area contributed by atoms with Gasteiger partial charge in [-0.3, -0.25) is 19.3 Å². The van der Waals surface area contributed by atoms with E-state index in [-0.39, 0.29) is 6.54 Å². The average Bonchev–Trinajstić information content (AvgIpc) is 2.80. The molecule has 0 unspecified atom stereocenters. The molecule has 0 aromatic carbocycles. The summed E-state index contributed by atoms with van der Waals surface area (Å²) in [6, 6.07) is 3.23. The van der Waals surface area contributed by atoms with Crippen molar-refractivity contribution in [1.82, 2.24) is 20.1 Å². The largest absolute Gasteiger partial charge is 0.344 e. The molecule has 0 fully saturated rings. The molecule has 2 aromatic heterocycles. The predicted octanol–water partition coefficient (Wildman–Crippen LogP) is 1.17. The molecular formula is C15H19N5O2. The van der Waals surface area contributed by atoms with Crippen molar-refractivity contribution in [3.63, 3.8) is 0 Å². The first-order valence-electron chi connectivity index (χ1n) is 7.05. The summed E-state index contributed by atoms with van der Waals surface area (Å²) in [4.78, 5) is 27.5. The van der Waals surface area contributed by atoms with Crippen molar-refractivity contribution in [1.29, 1.82) is 0 Å². The van der Waals surface area contributed by atoms with Crippen LogP contribution in [-0.4, -0.2) is 26.6 Å². The van der Waals surface area contributed by atoms with Gasteiger partial charge < -0.3 is 10.6 Å². The molecule has 0 bridgehead atoms. The van der Waals surface area contributed by atoms with Crippen molar-refractivity contribution in [2.45, 2.75) is 33.9 Å². The van der Waals surface area contributed by atoms with E-state index in [9.17, 15) is 9.59 Å². The first-order chi connectivity index (χ1) is 10.5. The number of aromatic nitrogens is 3. The maximum absolute atomic E-state index is 11.9. The smallest absolute Gasteiger partial charge is 0.313 e. The zero-order valence-corrected chi connectivity index (χ0v) is 12.9. The SMILES string of the molecule is CCn1nc(C)c(CNC(=O)C(=O)Nc2ccncc2)c1C. The Morgan fingerprint density at radius 3 is 2.45 bits per heavy atom. The van der Waals surface area contributed by atoms with E-state index in [1.165, 1.54) is 0 Å². The van der Waals surface area contributed by atoms with Gasteiger partial charge in [0.25, 0.3) is 0 Å². The topological polar surface area (TPSA) is 88.9 Å². The van der Waals surface area contributed by atoms with Gasteiger partial charge in [0.1, 0.15) is 0 Å². The third-order valence-electron chi connectivity index (χ3n) is 3.40. The first kappa shape index (κ1) is 15.7. The molecule has 0 aliphatic heterocycles. The lowest BCUT2D eigenvalue weighted by Crippen LogP contribution is -2.35. The quantitative estimate of drug-likeness (QED) is 0.830. The van der Waals surface area contributed by atoms with Gasteiger partial charge in [-0.15, -0.1) is 0 Å². The summed E-state index contributed by atoms with van der Waals surface area (Å²) in [6.07, 6.45) is 3.08. The molecule has 22 heavy (non-hydrogen) atoms. The molecule has 0 aliphatic rings. The van der Waals surface area contributed by atoms with Gasteiger partial charge in [0, 0.05) is 42.4 Å². The minimum absolute atomic E-state index is 0.278. The molecular weight excluding hydrogens is 282 g/mol. The zero-order chi connectivity index (χ0) is 16.1. The molecule has 0 atom stereocenters. The van der Waals surface area contributed by atoms with Gasteiger partial charge in [0.15, 0.2) is 0 Å². The highest BCUT2D eigenvalue weighted by molar-refractivity contribution is 6.39. The predicted molar refractivity (Wildman–Crippen MR) is 82.1 cm³/mol. The maximum Gasteiger partial charge on any atom is 0.313 e. The lowest BCUT2D eigenvalue weighted by atomic mass is 10.2. The Kier molecular flexibility index (Phi) is 4.88. The Labute approximate surface area is 128 Å². The van der Waals surface area contributed by atoms with Crippen LogP contribution in [0.1, 0.15) is 23.9 Å². The zero-order valence-electron chi connectivity index (χ0n) is 12.9. The summed E-state index contributed by atoms with van der Waals surface area (Å²) < 4.78 is 1.87. The number of aryl methyl sites for hydroxylation is 2. The Balaban J connectivity index is 1.95. The van der Waals surface area contributed by atoms with Crippen LogP contribution in [0.5, 0.6) is 0 Å². The Bertz CT molecular complexity index is 679. The van der Waals surface area contributed by atoms with E-state index in [1.807, 2.05) is 25.5 Å². The summed E-state index contributed by atoms with van der Waals surface area (Å²) in [5, 5.41) is 9.51. The van der Waals surface area contributed by atoms with Crippen LogP contribution < -0.4 is 10.6 Å². The van der Waals surface area contributed by atoms with Gasteiger partial charge in [-0.25, -0.2) is 0 Å². The van der Waals surface area contributed by atoms with E-state index < -0.39 is 11.8 Å². The second-order valence-corrected chi connectivity index (χ2v) is 4.84. The fourth-order valence-electron chi connectivity index (χ4n) is 2.17. The normalized spacial score (nSPS) is 10.3. The molecule has 7 heteroatoms. The molecule has 2 heterocycles. The third kappa shape index (κ3) is 3.49. The van der Waals surface area contributed by atoms with E-state index in [0.717, 1.165) is 23.5 Å². The molecule has 7 nitrogen and oxygen atoms in total. The van der Waals surface area contributed by atoms with E-state index >= 15 is 0 Å². The number of nitrogens with one attached hydrogen (secondary N) is 2. The van der Waals surface area contributed by atoms with Crippen LogP contribution >= 0.6 is 0 Å². The number of amides is 2. The van der Waals surface area contributed by atoms with E-state index in [0.29, 0.717) is 5.69 Å². The summed E-state index contributed by atoms with van der Waals surface area (Å²) >= 11 is 0. The van der Waals surface area contributed by atoms with Gasteiger partial charge in [0.2, 0.25) is 0 Å². The minimum atomic E-state index is -0.704. The second kappa shape index (κ2) is 6.84. The lowest BCUT2D eigenvalue weighted by molar-refractivity contribution is -0.136. The fraction of sp³-hybridized carbons (Fsp3) is 0.333. The highest BCUT2D eigenvalue weighted by Gasteiger charge is 2.16. The number of carbonyl (C=O) groups is 2. The third-order valence-corrected chi connectivity index (χ3v) is 3.40. The standard InChI is InChI=1S/C15H19N5O2/c1-4-20-11(3)13(10(2)19-20)9-17-14(21)15(22)18-12-5-7-16-8-6-12/h5-8H,4,9H2,1-3H3,(H,17,21)(H,16,18,22). The van der Waals surface area contributed by atoms with Crippen molar-refractivity contribution >= 4 is 17.5 Å². The van der Waals surface area contributed by atoms with Crippen LogP contribution in [0.15, 0.2) is 24.5 Å². The summed E-state index contributed by atoms with van der Waals surface area (Å²) in [5.41, 5.74) is 3.32. The van der Waals surface area contributed by atoms with Crippen LogP contribution in [0.2, 0.25) is 0 Å². The molecule has 0 spiro atoms. The van der Waals surface area contributed by atoms with Gasteiger partial charge in [-0.05, 0) is 32.9 Å². The molecule has 116 valence electrons. The van der Waals surface area contributed by atoms with Gasteiger partial charge in [0.05, 0.1) is 5.69 Å². The number of rotatable bonds is 4. The van der Waals surface area contributed by atoms with Gasteiger partial charge in [-0.2, -0.15) is 5.10 Å². The van der Waals surface area contributed by atoms with Crippen molar-refractivity contribution < 1.29 is 9.59 Å². The number of carbonyl (C=O) groups excluding carboxylic acids is 2. The molecule has 2 rings (SSSR count). The molecule has 0 radical (unpaired) electrons. The fourth-order valence-corrected chi connectivity index (χ4v) is 2.17. The van der Waals surface area contributed by atoms with Crippen molar-refractivity contribution in [3.05, 3.63) is 41.5 Å². The number of pyridine rings is 1. The van der Waals surface area contributed by atoms with E-state index in [1.54, 1.807) is 24.5 Å². The van der Waals surface area contributed by atoms with Crippen LogP contribution in [0, 0.1) is 13.8 Å². The maximum atomic E-state index is 11.9. The van der Waals surface area contributed by atoms with Crippen molar-refractivity contribution in [2.75, 3.05) is 5.32 Å². The van der Waals surface area contributed by atoms with Crippen LogP contribution in [-0.2, 0) is 22.7 Å². The second-order valence-electron chi connectivity index (χ2n) is 4.84. The van der Waals surface area contributed by atoms with Gasteiger partial charge >= 0.3 is 11.8 Å². The summed E-state index contributed by atoms with van der Waals surface area (Å²) in [6.45, 7) is 6.88. The molecule has 2 amide bonds. The number of hydrogen-bond acceptors (Lipinski definition) is 4. The van der Waals surface area contributed by atoms with Crippen LogP contribution in [0.4, 0.5) is 5.69 Å². The molecule has 0 saturated heterocycles. The number of hydrogen-bond donors (Lipinski definition) is 2.